The molecule has 0 bridgehead atoms. The standard InChI is InChI=1S/C25H36N4O2/c1-26-25(27-13-7-16-30-17-12-22-8-3-2-4-9-22)28-20-23-10-5-6-11-24(23)21-29-14-18-31-19-15-29/h2-6,8-11H,7,12-21H2,1H3,(H2,26,27,28). The van der Waals surface area contributed by atoms with Gasteiger partial charge < -0.3 is 20.1 Å². The predicted molar refractivity (Wildman–Crippen MR) is 126 cm³/mol. The van der Waals surface area contributed by atoms with E-state index in [4.69, 9.17) is 9.47 Å². The molecule has 0 amide bonds. The molecule has 0 aromatic heterocycles. The molecule has 0 unspecified atom stereocenters. The smallest absolute Gasteiger partial charge is 0.191 e. The van der Waals surface area contributed by atoms with E-state index in [-0.39, 0.29) is 0 Å². The Bertz CT molecular complexity index is 776. The van der Waals surface area contributed by atoms with E-state index in [0.717, 1.165) is 78.0 Å². The Labute approximate surface area is 186 Å². The molecule has 0 radical (unpaired) electrons. The van der Waals surface area contributed by atoms with E-state index in [0.29, 0.717) is 0 Å². The zero-order valence-corrected chi connectivity index (χ0v) is 18.7. The van der Waals surface area contributed by atoms with Crippen molar-refractivity contribution in [1.82, 2.24) is 15.5 Å². The van der Waals surface area contributed by atoms with Crippen LogP contribution in [-0.2, 0) is 29.0 Å². The Balaban J connectivity index is 1.32. The number of benzene rings is 2. The molecule has 168 valence electrons. The Kier molecular flexibility index (Phi) is 10.4. The van der Waals surface area contributed by atoms with Gasteiger partial charge in [-0.15, -0.1) is 0 Å². The summed E-state index contributed by atoms with van der Waals surface area (Å²) in [6.45, 7) is 7.72. The van der Waals surface area contributed by atoms with Crippen LogP contribution in [0.5, 0.6) is 0 Å². The maximum Gasteiger partial charge on any atom is 0.191 e. The highest BCUT2D eigenvalue weighted by molar-refractivity contribution is 5.79. The molecule has 2 N–H and O–H groups in total. The minimum absolute atomic E-state index is 0.749. The fourth-order valence-corrected chi connectivity index (χ4v) is 3.60. The molecule has 1 aliphatic rings. The van der Waals surface area contributed by atoms with Crippen molar-refractivity contribution in [3.05, 3.63) is 71.3 Å². The van der Waals surface area contributed by atoms with Crippen LogP contribution in [-0.4, -0.2) is 64.0 Å². The average molecular weight is 425 g/mol. The van der Waals surface area contributed by atoms with Gasteiger partial charge in [0.25, 0.3) is 0 Å². The number of hydrogen-bond acceptors (Lipinski definition) is 4. The molecule has 2 aromatic carbocycles. The molecule has 1 fully saturated rings. The van der Waals surface area contributed by atoms with Gasteiger partial charge in [-0.05, 0) is 29.5 Å². The van der Waals surface area contributed by atoms with Crippen molar-refractivity contribution in [3.8, 4) is 0 Å². The first-order valence-electron chi connectivity index (χ1n) is 11.3. The third kappa shape index (κ3) is 8.69. The highest BCUT2D eigenvalue weighted by atomic mass is 16.5. The molecule has 3 rings (SSSR count). The Morgan fingerprint density at radius 3 is 2.48 bits per heavy atom. The Hall–Kier alpha value is -2.41. The second kappa shape index (κ2) is 13.8. The lowest BCUT2D eigenvalue weighted by Gasteiger charge is -2.27. The fraction of sp³-hybridized carbons (Fsp3) is 0.480. The van der Waals surface area contributed by atoms with Crippen LogP contribution in [0.15, 0.2) is 59.6 Å². The number of nitrogens with zero attached hydrogens (tertiary/aromatic N) is 2. The van der Waals surface area contributed by atoms with Crippen molar-refractivity contribution in [2.24, 2.45) is 4.99 Å². The van der Waals surface area contributed by atoms with Gasteiger partial charge in [0.05, 0.1) is 19.8 Å². The van der Waals surface area contributed by atoms with Crippen molar-refractivity contribution in [3.63, 3.8) is 0 Å². The van der Waals surface area contributed by atoms with Crippen LogP contribution >= 0.6 is 0 Å². The van der Waals surface area contributed by atoms with Crippen LogP contribution in [0.3, 0.4) is 0 Å². The summed E-state index contributed by atoms with van der Waals surface area (Å²) in [6, 6.07) is 19.1. The molecule has 1 saturated heterocycles. The van der Waals surface area contributed by atoms with Gasteiger partial charge >= 0.3 is 0 Å². The van der Waals surface area contributed by atoms with Crippen molar-refractivity contribution in [2.45, 2.75) is 25.9 Å². The molecule has 31 heavy (non-hydrogen) atoms. The summed E-state index contributed by atoms with van der Waals surface area (Å²) in [7, 11) is 1.81. The molecule has 2 aromatic rings. The maximum absolute atomic E-state index is 5.76. The molecule has 1 aliphatic heterocycles. The molecule has 0 aliphatic carbocycles. The topological polar surface area (TPSA) is 58.1 Å². The van der Waals surface area contributed by atoms with Gasteiger partial charge in [0.15, 0.2) is 5.96 Å². The summed E-state index contributed by atoms with van der Waals surface area (Å²) in [4.78, 5) is 6.80. The first-order chi connectivity index (χ1) is 15.3. The van der Waals surface area contributed by atoms with Gasteiger partial charge in [-0.25, -0.2) is 0 Å². The molecular formula is C25H36N4O2. The molecular weight excluding hydrogens is 388 g/mol. The van der Waals surface area contributed by atoms with E-state index >= 15 is 0 Å². The molecule has 6 heteroatoms. The summed E-state index contributed by atoms with van der Waals surface area (Å²) in [5.74, 6) is 0.825. The van der Waals surface area contributed by atoms with Crippen LogP contribution in [0.4, 0.5) is 0 Å². The van der Waals surface area contributed by atoms with Gasteiger partial charge in [0.1, 0.15) is 0 Å². The quantitative estimate of drug-likeness (QED) is 0.330. The van der Waals surface area contributed by atoms with Crippen molar-refractivity contribution < 1.29 is 9.47 Å². The fourth-order valence-electron chi connectivity index (χ4n) is 3.60. The molecule has 0 saturated carbocycles. The minimum atomic E-state index is 0.749. The maximum atomic E-state index is 5.76. The van der Waals surface area contributed by atoms with Gasteiger partial charge in [-0.3, -0.25) is 9.89 Å². The normalized spacial score (nSPS) is 15.1. The van der Waals surface area contributed by atoms with Gasteiger partial charge in [-0.1, -0.05) is 54.6 Å². The molecule has 0 atom stereocenters. The number of rotatable bonds is 11. The number of ether oxygens (including phenoxy) is 2. The van der Waals surface area contributed by atoms with Gasteiger partial charge in [0, 0.05) is 46.4 Å². The van der Waals surface area contributed by atoms with Crippen LogP contribution in [0.25, 0.3) is 0 Å². The second-order valence-electron chi connectivity index (χ2n) is 7.71. The summed E-state index contributed by atoms with van der Waals surface area (Å²) in [5, 5.41) is 6.82. The zero-order valence-electron chi connectivity index (χ0n) is 18.7. The molecule has 6 nitrogen and oxygen atoms in total. The molecule has 1 heterocycles. The zero-order chi connectivity index (χ0) is 21.6. The van der Waals surface area contributed by atoms with Crippen molar-refractivity contribution in [2.75, 3.05) is 53.1 Å². The third-order valence-electron chi connectivity index (χ3n) is 5.42. The third-order valence-corrected chi connectivity index (χ3v) is 5.42. The number of morpholine rings is 1. The Morgan fingerprint density at radius 2 is 1.71 bits per heavy atom. The van der Waals surface area contributed by atoms with Crippen molar-refractivity contribution >= 4 is 5.96 Å². The van der Waals surface area contributed by atoms with E-state index in [2.05, 4.69) is 69.1 Å². The minimum Gasteiger partial charge on any atom is -0.381 e. The predicted octanol–water partition coefficient (Wildman–Crippen LogP) is 2.83. The van der Waals surface area contributed by atoms with Crippen LogP contribution in [0.2, 0.25) is 0 Å². The number of nitrogens with one attached hydrogen (secondary N) is 2. The largest absolute Gasteiger partial charge is 0.381 e. The van der Waals surface area contributed by atoms with E-state index in [1.54, 1.807) is 0 Å². The monoisotopic (exact) mass is 424 g/mol. The van der Waals surface area contributed by atoms with Crippen LogP contribution < -0.4 is 10.6 Å². The van der Waals surface area contributed by atoms with E-state index in [9.17, 15) is 0 Å². The highest BCUT2D eigenvalue weighted by Crippen LogP contribution is 2.13. The second-order valence-corrected chi connectivity index (χ2v) is 7.71. The lowest BCUT2D eigenvalue weighted by atomic mass is 10.1. The summed E-state index contributed by atoms with van der Waals surface area (Å²) < 4.78 is 11.2. The van der Waals surface area contributed by atoms with Crippen molar-refractivity contribution in [1.29, 1.82) is 0 Å². The first kappa shape index (κ1) is 23.3. The lowest BCUT2D eigenvalue weighted by Crippen LogP contribution is -2.38. The summed E-state index contributed by atoms with van der Waals surface area (Å²) in [5.41, 5.74) is 3.99. The number of hydrogen-bond donors (Lipinski definition) is 2. The number of guanidine groups is 1. The van der Waals surface area contributed by atoms with Gasteiger partial charge in [0.2, 0.25) is 0 Å². The summed E-state index contributed by atoms with van der Waals surface area (Å²) in [6.07, 6.45) is 1.91. The van der Waals surface area contributed by atoms with E-state index < -0.39 is 0 Å². The average Bonchev–Trinajstić information content (AvgIpc) is 2.82. The number of aliphatic imine (C=N–C) groups is 1. The first-order valence-corrected chi connectivity index (χ1v) is 11.3. The SMILES string of the molecule is CN=C(NCCCOCCc1ccccc1)NCc1ccccc1CN1CCOCC1. The van der Waals surface area contributed by atoms with Gasteiger partial charge in [-0.2, -0.15) is 0 Å². The Morgan fingerprint density at radius 1 is 0.968 bits per heavy atom. The van der Waals surface area contributed by atoms with Crippen LogP contribution in [0, 0.1) is 0 Å². The van der Waals surface area contributed by atoms with E-state index in [1.165, 1.54) is 16.7 Å². The molecule has 0 spiro atoms. The van der Waals surface area contributed by atoms with E-state index in [1.807, 2.05) is 13.1 Å². The lowest BCUT2D eigenvalue weighted by molar-refractivity contribution is 0.0341. The van der Waals surface area contributed by atoms with Crippen LogP contribution in [0.1, 0.15) is 23.1 Å². The highest BCUT2D eigenvalue weighted by Gasteiger charge is 2.12. The summed E-state index contributed by atoms with van der Waals surface area (Å²) >= 11 is 0.